The largest absolute Gasteiger partial charge is 0.337 e. The average Bonchev–Trinajstić information content (AvgIpc) is 2.87. The second kappa shape index (κ2) is 9.18. The molecule has 23 heavy (non-hydrogen) atoms. The number of amides is 1. The van der Waals surface area contributed by atoms with Crippen LogP contribution in [-0.2, 0) is 11.2 Å². The van der Waals surface area contributed by atoms with Crippen molar-refractivity contribution < 1.29 is 4.79 Å². The van der Waals surface area contributed by atoms with Gasteiger partial charge in [0.05, 0.1) is 15.2 Å². The molecular formula is C15H20BrCl2N3OS. The molecule has 1 aromatic heterocycles. The smallest absolute Gasteiger partial charge is 0.223 e. The lowest BCUT2D eigenvalue weighted by Crippen LogP contribution is -2.52. The fourth-order valence-electron chi connectivity index (χ4n) is 2.62. The predicted octanol–water partition coefficient (Wildman–Crippen LogP) is 3.66. The zero-order valence-corrected chi connectivity index (χ0v) is 16.8. The number of benzene rings is 1. The number of hydrogen-bond acceptors (Lipinski definition) is 4. The Bertz CT molecular complexity index is 667. The molecule has 2 heterocycles. The first kappa shape index (κ1) is 20.6. The highest BCUT2D eigenvalue weighted by atomic mass is 79.9. The second-order valence-corrected chi connectivity index (χ2v) is 7.39. The van der Waals surface area contributed by atoms with E-state index in [-0.39, 0.29) is 36.8 Å². The van der Waals surface area contributed by atoms with Crippen molar-refractivity contribution >= 4 is 68.2 Å². The first-order valence-electron chi connectivity index (χ1n) is 7.18. The molecular weight excluding hydrogens is 421 g/mol. The number of rotatable bonds is 3. The van der Waals surface area contributed by atoms with Gasteiger partial charge in [-0.3, -0.25) is 4.79 Å². The number of thiazole rings is 1. The third-order valence-corrected chi connectivity index (χ3v) is 5.36. The van der Waals surface area contributed by atoms with Crippen molar-refractivity contribution in [1.82, 2.24) is 15.2 Å². The standard InChI is InChI=1S/C15H18BrN3OS.2ClH/c1-10-9-17-6-7-19(10)15(20)5-4-14-18-12-8-11(16)2-3-13(12)21-14;;/h2-3,8,10,17H,4-7,9H2,1H3;2*1H/t10-;;/m0../s1. The zero-order chi connectivity index (χ0) is 14.8. The summed E-state index contributed by atoms with van der Waals surface area (Å²) in [6.45, 7) is 4.69. The van der Waals surface area contributed by atoms with E-state index in [0.29, 0.717) is 6.42 Å². The number of aryl methyl sites for hydroxylation is 1. The van der Waals surface area contributed by atoms with Crippen molar-refractivity contribution in [3.05, 3.63) is 27.7 Å². The van der Waals surface area contributed by atoms with Crippen molar-refractivity contribution in [2.75, 3.05) is 19.6 Å². The monoisotopic (exact) mass is 439 g/mol. The third-order valence-electron chi connectivity index (χ3n) is 3.77. The SMILES string of the molecule is C[C@H]1CNCCN1C(=O)CCc1nc2cc(Br)ccc2s1.Cl.Cl. The van der Waals surface area contributed by atoms with Crippen LogP contribution in [0.4, 0.5) is 0 Å². The van der Waals surface area contributed by atoms with E-state index in [1.54, 1.807) is 11.3 Å². The van der Waals surface area contributed by atoms with Crippen LogP contribution in [-0.4, -0.2) is 41.5 Å². The van der Waals surface area contributed by atoms with Gasteiger partial charge in [0.25, 0.3) is 0 Å². The minimum absolute atomic E-state index is 0. The Kier molecular flexibility index (Phi) is 8.24. The maximum absolute atomic E-state index is 12.3. The van der Waals surface area contributed by atoms with Gasteiger partial charge in [0, 0.05) is 43.0 Å². The molecule has 0 aliphatic carbocycles. The molecule has 1 aliphatic heterocycles. The molecule has 0 radical (unpaired) electrons. The summed E-state index contributed by atoms with van der Waals surface area (Å²) in [5.41, 5.74) is 1.01. The molecule has 0 bridgehead atoms. The number of carbonyl (C=O) groups is 1. The Labute approximate surface area is 161 Å². The fraction of sp³-hybridized carbons (Fsp3) is 0.467. The van der Waals surface area contributed by atoms with Crippen molar-refractivity contribution in [1.29, 1.82) is 0 Å². The molecule has 128 valence electrons. The van der Waals surface area contributed by atoms with Gasteiger partial charge in [-0.2, -0.15) is 0 Å². The minimum Gasteiger partial charge on any atom is -0.337 e. The molecule has 1 amide bonds. The number of nitrogens with zero attached hydrogens (tertiary/aromatic N) is 2. The molecule has 4 nitrogen and oxygen atoms in total. The number of halogens is 3. The topological polar surface area (TPSA) is 45.2 Å². The number of nitrogens with one attached hydrogen (secondary N) is 1. The van der Waals surface area contributed by atoms with E-state index in [4.69, 9.17) is 0 Å². The van der Waals surface area contributed by atoms with Gasteiger partial charge in [-0.05, 0) is 25.1 Å². The van der Waals surface area contributed by atoms with Crippen LogP contribution in [0.1, 0.15) is 18.4 Å². The summed E-state index contributed by atoms with van der Waals surface area (Å²) in [4.78, 5) is 18.9. The van der Waals surface area contributed by atoms with Crippen LogP contribution in [0.2, 0.25) is 0 Å². The van der Waals surface area contributed by atoms with Crippen LogP contribution in [0.25, 0.3) is 10.2 Å². The molecule has 0 unspecified atom stereocenters. The zero-order valence-electron chi connectivity index (χ0n) is 12.8. The Morgan fingerprint density at radius 1 is 1.48 bits per heavy atom. The maximum atomic E-state index is 12.3. The van der Waals surface area contributed by atoms with Crippen molar-refractivity contribution in [2.45, 2.75) is 25.8 Å². The van der Waals surface area contributed by atoms with Crippen molar-refractivity contribution in [3.8, 4) is 0 Å². The third kappa shape index (κ3) is 5.03. The molecule has 1 saturated heterocycles. The molecule has 2 aromatic rings. The number of hydrogen-bond donors (Lipinski definition) is 1. The molecule has 0 spiro atoms. The van der Waals surface area contributed by atoms with E-state index in [1.165, 1.54) is 4.70 Å². The summed E-state index contributed by atoms with van der Waals surface area (Å²) in [6, 6.07) is 6.41. The Morgan fingerprint density at radius 2 is 2.26 bits per heavy atom. The van der Waals surface area contributed by atoms with E-state index in [2.05, 4.69) is 39.2 Å². The minimum atomic E-state index is 0. The van der Waals surface area contributed by atoms with Crippen LogP contribution in [0.5, 0.6) is 0 Å². The lowest BCUT2D eigenvalue weighted by atomic mass is 10.2. The highest BCUT2D eigenvalue weighted by molar-refractivity contribution is 9.10. The summed E-state index contributed by atoms with van der Waals surface area (Å²) in [5, 5.41) is 4.35. The molecule has 3 rings (SSSR count). The summed E-state index contributed by atoms with van der Waals surface area (Å²) >= 11 is 5.14. The normalized spacial score (nSPS) is 17.5. The average molecular weight is 441 g/mol. The predicted molar refractivity (Wildman–Crippen MR) is 104 cm³/mol. The highest BCUT2D eigenvalue weighted by Crippen LogP contribution is 2.26. The van der Waals surface area contributed by atoms with E-state index < -0.39 is 0 Å². The Morgan fingerprint density at radius 3 is 3.00 bits per heavy atom. The lowest BCUT2D eigenvalue weighted by Gasteiger charge is -2.34. The summed E-state index contributed by atoms with van der Waals surface area (Å²) in [7, 11) is 0. The first-order chi connectivity index (χ1) is 10.1. The van der Waals surface area contributed by atoms with E-state index >= 15 is 0 Å². The quantitative estimate of drug-likeness (QED) is 0.791. The molecule has 1 fully saturated rings. The van der Waals surface area contributed by atoms with Crippen molar-refractivity contribution in [2.24, 2.45) is 0 Å². The van der Waals surface area contributed by atoms with Crippen molar-refractivity contribution in [3.63, 3.8) is 0 Å². The first-order valence-corrected chi connectivity index (χ1v) is 8.79. The molecule has 8 heteroatoms. The van der Waals surface area contributed by atoms with Gasteiger partial charge in [0.2, 0.25) is 5.91 Å². The van der Waals surface area contributed by atoms with Crippen LogP contribution in [0, 0.1) is 0 Å². The van der Waals surface area contributed by atoms with Gasteiger partial charge in [0.15, 0.2) is 0 Å². The molecule has 1 N–H and O–H groups in total. The van der Waals surface area contributed by atoms with E-state index in [1.807, 2.05) is 17.0 Å². The van der Waals surface area contributed by atoms with Crippen LogP contribution in [0.3, 0.4) is 0 Å². The highest BCUT2D eigenvalue weighted by Gasteiger charge is 2.22. The number of fused-ring (bicyclic) bond motifs is 1. The van der Waals surface area contributed by atoms with Gasteiger partial charge in [-0.15, -0.1) is 36.2 Å². The molecule has 1 atom stereocenters. The van der Waals surface area contributed by atoms with Crippen LogP contribution < -0.4 is 5.32 Å². The summed E-state index contributed by atoms with van der Waals surface area (Å²) in [5.74, 6) is 0.240. The van der Waals surface area contributed by atoms with Crippen LogP contribution >= 0.6 is 52.1 Å². The van der Waals surface area contributed by atoms with Gasteiger partial charge < -0.3 is 10.2 Å². The summed E-state index contributed by atoms with van der Waals surface area (Å²) < 4.78 is 2.22. The fourth-order valence-corrected chi connectivity index (χ4v) is 3.92. The van der Waals surface area contributed by atoms with Gasteiger partial charge in [-0.25, -0.2) is 4.98 Å². The number of piperazine rings is 1. The number of aromatic nitrogens is 1. The van der Waals surface area contributed by atoms with E-state index in [9.17, 15) is 4.79 Å². The number of carbonyl (C=O) groups excluding carboxylic acids is 1. The van der Waals surface area contributed by atoms with Gasteiger partial charge >= 0.3 is 0 Å². The lowest BCUT2D eigenvalue weighted by molar-refractivity contribution is -0.133. The molecule has 0 saturated carbocycles. The maximum Gasteiger partial charge on any atom is 0.223 e. The Balaban J connectivity index is 0.00000132. The molecule has 1 aliphatic rings. The van der Waals surface area contributed by atoms with Gasteiger partial charge in [0.1, 0.15) is 0 Å². The second-order valence-electron chi connectivity index (χ2n) is 5.36. The van der Waals surface area contributed by atoms with Gasteiger partial charge in [-0.1, -0.05) is 15.9 Å². The Hall–Kier alpha value is -0.400. The molecule has 1 aromatic carbocycles. The van der Waals surface area contributed by atoms with Crippen LogP contribution in [0.15, 0.2) is 22.7 Å². The summed E-state index contributed by atoms with van der Waals surface area (Å²) in [6.07, 6.45) is 1.28. The van der Waals surface area contributed by atoms with E-state index in [0.717, 1.165) is 41.1 Å².